The Hall–Kier alpha value is -2.73. The van der Waals surface area contributed by atoms with E-state index in [0.717, 1.165) is 10.5 Å². The second-order valence-electron chi connectivity index (χ2n) is 5.97. The summed E-state index contributed by atoms with van der Waals surface area (Å²) in [4.78, 5) is 26.4. The largest absolute Gasteiger partial charge is 0.493 e. The zero-order valence-electron chi connectivity index (χ0n) is 14.7. The van der Waals surface area contributed by atoms with Crippen molar-refractivity contribution in [2.24, 2.45) is 0 Å². The first-order chi connectivity index (χ1) is 12.4. The third kappa shape index (κ3) is 3.32. The molecule has 2 aromatic carbocycles. The topological polar surface area (TPSA) is 67.9 Å². The van der Waals surface area contributed by atoms with Crippen LogP contribution in [0.5, 0.6) is 11.5 Å². The summed E-state index contributed by atoms with van der Waals surface area (Å²) in [7, 11) is 3.02. The van der Waals surface area contributed by atoms with Crippen LogP contribution in [0, 0.1) is 6.92 Å². The number of carbonyl (C=O) groups excluding carboxylic acids is 2. The van der Waals surface area contributed by atoms with Crippen molar-refractivity contribution in [1.82, 2.24) is 0 Å². The summed E-state index contributed by atoms with van der Waals surface area (Å²) < 4.78 is 10.4. The number of benzene rings is 2. The lowest BCUT2D eigenvalue weighted by molar-refractivity contribution is -0.121. The lowest BCUT2D eigenvalue weighted by Gasteiger charge is -2.18. The van der Waals surface area contributed by atoms with E-state index >= 15 is 0 Å². The predicted molar refractivity (Wildman–Crippen MR) is 100 cm³/mol. The van der Waals surface area contributed by atoms with Crippen LogP contribution in [0.15, 0.2) is 36.4 Å². The maximum atomic E-state index is 12.8. The van der Waals surface area contributed by atoms with Gasteiger partial charge in [0, 0.05) is 16.8 Å². The molecule has 0 bridgehead atoms. The summed E-state index contributed by atoms with van der Waals surface area (Å²) in [6.07, 6.45) is 0.0681. The Balaban J connectivity index is 1.83. The van der Waals surface area contributed by atoms with Crippen molar-refractivity contribution in [3.05, 3.63) is 47.0 Å². The number of methoxy groups -OCH3 is 2. The summed E-state index contributed by atoms with van der Waals surface area (Å²) in [5, 5.41) is 3.69. The number of ether oxygens (including phenoxy) is 2. The van der Waals surface area contributed by atoms with Gasteiger partial charge in [-0.25, -0.2) is 4.90 Å². The number of nitrogens with zero attached hydrogens (tertiary/aromatic N) is 1. The zero-order valence-corrected chi connectivity index (χ0v) is 15.5. The molecule has 7 heteroatoms. The van der Waals surface area contributed by atoms with E-state index in [9.17, 15) is 9.59 Å². The highest BCUT2D eigenvalue weighted by Crippen LogP contribution is 2.34. The molecule has 1 aliphatic heterocycles. The molecule has 3 rings (SSSR count). The Morgan fingerprint density at radius 2 is 1.81 bits per heavy atom. The number of halogens is 1. The second-order valence-corrected chi connectivity index (χ2v) is 6.38. The van der Waals surface area contributed by atoms with Crippen molar-refractivity contribution >= 4 is 34.8 Å². The molecule has 6 nitrogen and oxygen atoms in total. The summed E-state index contributed by atoms with van der Waals surface area (Å²) in [6, 6.07) is 9.72. The van der Waals surface area contributed by atoms with Gasteiger partial charge < -0.3 is 14.8 Å². The molecule has 0 spiro atoms. The number of rotatable bonds is 5. The molecule has 2 aromatic rings. The second kappa shape index (κ2) is 7.25. The number of anilines is 2. The molecule has 1 heterocycles. The fourth-order valence-corrected chi connectivity index (χ4v) is 3.04. The van der Waals surface area contributed by atoms with Crippen molar-refractivity contribution in [2.45, 2.75) is 19.4 Å². The van der Waals surface area contributed by atoms with E-state index in [1.807, 2.05) is 19.1 Å². The number of aryl methyl sites for hydroxylation is 1. The molecular formula is C19H19ClN2O4. The van der Waals surface area contributed by atoms with Gasteiger partial charge in [0.2, 0.25) is 5.91 Å². The van der Waals surface area contributed by atoms with Gasteiger partial charge in [0.1, 0.15) is 6.04 Å². The first-order valence-electron chi connectivity index (χ1n) is 8.06. The van der Waals surface area contributed by atoms with E-state index < -0.39 is 6.04 Å². The standard InChI is InChI=1S/C19H19ClN2O4/c1-11-4-5-12(8-14(11)20)21-15-10-18(23)22(19(15)24)13-6-7-16(25-2)17(9-13)26-3/h4-9,15,21H,10H2,1-3H3/t15-/m1/s1. The van der Waals surface area contributed by atoms with Crippen molar-refractivity contribution < 1.29 is 19.1 Å². The molecule has 2 amide bonds. The maximum Gasteiger partial charge on any atom is 0.256 e. The highest BCUT2D eigenvalue weighted by Gasteiger charge is 2.39. The van der Waals surface area contributed by atoms with E-state index in [2.05, 4.69) is 5.32 Å². The molecule has 26 heavy (non-hydrogen) atoms. The Morgan fingerprint density at radius 3 is 2.46 bits per heavy atom. The molecule has 136 valence electrons. The Kier molecular flexibility index (Phi) is 5.04. The van der Waals surface area contributed by atoms with Crippen molar-refractivity contribution in [1.29, 1.82) is 0 Å². The Bertz CT molecular complexity index is 869. The van der Waals surface area contributed by atoms with Crippen LogP contribution in [0.25, 0.3) is 0 Å². The summed E-state index contributed by atoms with van der Waals surface area (Å²) in [5.74, 6) is 0.378. The van der Waals surface area contributed by atoms with Crippen molar-refractivity contribution in [3.8, 4) is 11.5 Å². The van der Waals surface area contributed by atoms with E-state index in [1.54, 1.807) is 24.3 Å². The number of nitrogens with one attached hydrogen (secondary N) is 1. The van der Waals surface area contributed by atoms with Crippen LogP contribution < -0.4 is 19.7 Å². The zero-order chi connectivity index (χ0) is 18.8. The summed E-state index contributed by atoms with van der Waals surface area (Å²) >= 11 is 6.12. The molecule has 1 atom stereocenters. The van der Waals surface area contributed by atoms with E-state index in [0.29, 0.717) is 27.9 Å². The SMILES string of the molecule is COc1ccc(N2C(=O)C[C@@H](Nc3ccc(C)c(Cl)c3)C2=O)cc1OC. The van der Waals surface area contributed by atoms with Crippen LogP contribution in [0.3, 0.4) is 0 Å². The minimum atomic E-state index is -0.644. The predicted octanol–water partition coefficient (Wildman–Crippen LogP) is 3.41. The number of hydrogen-bond acceptors (Lipinski definition) is 5. The normalized spacial score (nSPS) is 16.8. The molecule has 0 aromatic heterocycles. The number of imide groups is 1. The minimum absolute atomic E-state index is 0.0681. The van der Waals surface area contributed by atoms with Gasteiger partial charge in [0.15, 0.2) is 11.5 Å². The number of hydrogen-bond donors (Lipinski definition) is 1. The van der Waals surface area contributed by atoms with Crippen LogP contribution in [0.1, 0.15) is 12.0 Å². The molecule has 0 saturated carbocycles. The first-order valence-corrected chi connectivity index (χ1v) is 8.44. The average Bonchev–Trinajstić information content (AvgIpc) is 2.91. The van der Waals surface area contributed by atoms with Gasteiger partial charge in [-0.2, -0.15) is 0 Å². The summed E-state index contributed by atoms with van der Waals surface area (Å²) in [6.45, 7) is 1.90. The van der Waals surface area contributed by atoms with E-state index in [-0.39, 0.29) is 18.2 Å². The molecule has 1 saturated heterocycles. The summed E-state index contributed by atoms with van der Waals surface area (Å²) in [5.41, 5.74) is 2.09. The maximum absolute atomic E-state index is 12.8. The third-order valence-corrected chi connectivity index (χ3v) is 4.69. The van der Waals surface area contributed by atoms with Gasteiger partial charge in [-0.3, -0.25) is 9.59 Å². The van der Waals surface area contributed by atoms with Gasteiger partial charge in [0.05, 0.1) is 26.3 Å². The third-order valence-electron chi connectivity index (χ3n) is 4.28. The van der Waals surface area contributed by atoms with Gasteiger partial charge >= 0.3 is 0 Å². The molecule has 1 fully saturated rings. The Morgan fingerprint density at radius 1 is 1.08 bits per heavy atom. The highest BCUT2D eigenvalue weighted by atomic mass is 35.5. The van der Waals surface area contributed by atoms with Crippen LogP contribution in [0.4, 0.5) is 11.4 Å². The van der Waals surface area contributed by atoms with Gasteiger partial charge in [-0.15, -0.1) is 0 Å². The molecular weight excluding hydrogens is 356 g/mol. The van der Waals surface area contributed by atoms with E-state index in [4.69, 9.17) is 21.1 Å². The monoisotopic (exact) mass is 374 g/mol. The number of carbonyl (C=O) groups is 2. The first kappa shape index (κ1) is 18.1. The van der Waals surface area contributed by atoms with Gasteiger partial charge in [-0.1, -0.05) is 17.7 Å². The van der Waals surface area contributed by atoms with Crippen LogP contribution >= 0.6 is 11.6 Å². The highest BCUT2D eigenvalue weighted by molar-refractivity contribution is 6.31. The molecule has 1 N–H and O–H groups in total. The quantitative estimate of drug-likeness (QED) is 0.812. The van der Waals surface area contributed by atoms with Gasteiger partial charge in [-0.05, 0) is 36.8 Å². The van der Waals surface area contributed by atoms with Crippen LogP contribution in [-0.4, -0.2) is 32.1 Å². The van der Waals surface area contributed by atoms with Crippen LogP contribution in [-0.2, 0) is 9.59 Å². The molecule has 0 radical (unpaired) electrons. The average molecular weight is 375 g/mol. The van der Waals surface area contributed by atoms with Gasteiger partial charge in [0.25, 0.3) is 5.91 Å². The fourth-order valence-electron chi connectivity index (χ4n) is 2.86. The fraction of sp³-hybridized carbons (Fsp3) is 0.263. The number of amides is 2. The molecule has 1 aliphatic rings. The molecule has 0 unspecified atom stereocenters. The molecule has 0 aliphatic carbocycles. The van der Waals surface area contributed by atoms with E-state index in [1.165, 1.54) is 14.2 Å². The Labute approximate surface area is 156 Å². The van der Waals surface area contributed by atoms with Crippen LogP contribution in [0.2, 0.25) is 5.02 Å². The lowest BCUT2D eigenvalue weighted by Crippen LogP contribution is -2.34. The lowest BCUT2D eigenvalue weighted by atomic mass is 10.2. The smallest absolute Gasteiger partial charge is 0.256 e. The minimum Gasteiger partial charge on any atom is -0.493 e. The van der Waals surface area contributed by atoms with Crippen molar-refractivity contribution in [3.63, 3.8) is 0 Å². The van der Waals surface area contributed by atoms with Crippen molar-refractivity contribution in [2.75, 3.05) is 24.4 Å².